The number of hydrogen-bond acceptors (Lipinski definition) is 4. The van der Waals surface area contributed by atoms with Gasteiger partial charge in [-0.25, -0.2) is 5.43 Å². The summed E-state index contributed by atoms with van der Waals surface area (Å²) in [7, 11) is 0. The number of nitrogens with zero attached hydrogens (tertiary/aromatic N) is 1. The topological polar surface area (TPSA) is 79.8 Å². The third-order valence-electron chi connectivity index (χ3n) is 2.90. The van der Waals surface area contributed by atoms with Gasteiger partial charge in [-0.3, -0.25) is 9.59 Å². The van der Waals surface area contributed by atoms with Crippen molar-refractivity contribution in [3.05, 3.63) is 29.8 Å². The van der Waals surface area contributed by atoms with E-state index in [9.17, 15) is 9.59 Å². The molecule has 2 amide bonds. The lowest BCUT2D eigenvalue weighted by atomic mass is 10.2. The highest BCUT2D eigenvalue weighted by molar-refractivity contribution is 6.35. The van der Waals surface area contributed by atoms with Crippen molar-refractivity contribution in [1.29, 1.82) is 0 Å². The van der Waals surface area contributed by atoms with E-state index in [0.717, 1.165) is 24.2 Å². The molecule has 126 valence electrons. The van der Waals surface area contributed by atoms with Crippen LogP contribution >= 0.6 is 0 Å². The highest BCUT2D eigenvalue weighted by Crippen LogP contribution is 2.11. The SMILES string of the molecule is CCCCCOc1ccc(/C=N\NC(=O)C(=O)NC(C)C)cc1. The number of carbonyl (C=O) groups is 2. The van der Waals surface area contributed by atoms with E-state index in [4.69, 9.17) is 4.74 Å². The van der Waals surface area contributed by atoms with Crippen LogP contribution in [0.4, 0.5) is 0 Å². The summed E-state index contributed by atoms with van der Waals surface area (Å²) in [5, 5.41) is 6.25. The molecule has 0 aliphatic rings. The lowest BCUT2D eigenvalue weighted by Crippen LogP contribution is -2.41. The first-order chi connectivity index (χ1) is 11.0. The van der Waals surface area contributed by atoms with Gasteiger partial charge in [0, 0.05) is 6.04 Å². The molecular weight excluding hydrogens is 294 g/mol. The van der Waals surface area contributed by atoms with Crippen LogP contribution in [0.15, 0.2) is 29.4 Å². The lowest BCUT2D eigenvalue weighted by molar-refractivity contribution is -0.139. The van der Waals surface area contributed by atoms with Crippen molar-refractivity contribution < 1.29 is 14.3 Å². The molecule has 0 bridgehead atoms. The maximum absolute atomic E-state index is 11.4. The highest BCUT2D eigenvalue weighted by Gasteiger charge is 2.12. The van der Waals surface area contributed by atoms with Gasteiger partial charge in [-0.15, -0.1) is 0 Å². The molecule has 0 fully saturated rings. The molecular formula is C17H25N3O3. The van der Waals surface area contributed by atoms with E-state index in [0.29, 0.717) is 6.61 Å². The molecule has 0 aliphatic heterocycles. The second kappa shape index (κ2) is 10.4. The Hall–Kier alpha value is -2.37. The van der Waals surface area contributed by atoms with Gasteiger partial charge < -0.3 is 10.1 Å². The standard InChI is InChI=1S/C17H25N3O3/c1-4-5-6-11-23-15-9-7-14(8-10-15)12-18-20-17(22)16(21)19-13(2)3/h7-10,12-13H,4-6,11H2,1-3H3,(H,19,21)(H,20,22)/b18-12-. The van der Waals surface area contributed by atoms with Gasteiger partial charge in [0.2, 0.25) is 0 Å². The Labute approximate surface area is 137 Å². The molecule has 0 aromatic heterocycles. The summed E-state index contributed by atoms with van der Waals surface area (Å²) in [4.78, 5) is 22.8. The van der Waals surface area contributed by atoms with E-state index in [1.165, 1.54) is 12.6 Å². The third-order valence-corrected chi connectivity index (χ3v) is 2.90. The molecule has 0 radical (unpaired) electrons. The molecule has 23 heavy (non-hydrogen) atoms. The minimum atomic E-state index is -0.786. The Kier molecular flexibility index (Phi) is 8.42. The number of unbranched alkanes of at least 4 members (excludes halogenated alkanes) is 2. The summed E-state index contributed by atoms with van der Waals surface area (Å²) in [6, 6.07) is 7.27. The fourth-order valence-corrected chi connectivity index (χ4v) is 1.74. The molecule has 0 unspecified atom stereocenters. The zero-order valence-corrected chi connectivity index (χ0v) is 14.0. The Morgan fingerprint density at radius 2 is 1.87 bits per heavy atom. The fourth-order valence-electron chi connectivity index (χ4n) is 1.74. The predicted molar refractivity (Wildman–Crippen MR) is 90.5 cm³/mol. The van der Waals surface area contributed by atoms with Gasteiger partial charge in [-0.05, 0) is 50.1 Å². The summed E-state index contributed by atoms with van der Waals surface area (Å²) >= 11 is 0. The van der Waals surface area contributed by atoms with Gasteiger partial charge in [0.25, 0.3) is 0 Å². The first kappa shape index (κ1) is 18.7. The Balaban J connectivity index is 2.39. The Morgan fingerprint density at radius 3 is 2.48 bits per heavy atom. The second-order valence-electron chi connectivity index (χ2n) is 5.45. The summed E-state index contributed by atoms with van der Waals surface area (Å²) in [5.74, 6) is -0.683. The van der Waals surface area contributed by atoms with Crippen LogP contribution in [0.2, 0.25) is 0 Å². The molecule has 6 nitrogen and oxygen atoms in total. The van der Waals surface area contributed by atoms with Crippen molar-refractivity contribution in [2.75, 3.05) is 6.61 Å². The lowest BCUT2D eigenvalue weighted by Gasteiger charge is -2.06. The van der Waals surface area contributed by atoms with E-state index < -0.39 is 11.8 Å². The summed E-state index contributed by atoms with van der Waals surface area (Å²) in [5.41, 5.74) is 2.99. The molecule has 0 saturated heterocycles. The van der Waals surface area contributed by atoms with E-state index in [-0.39, 0.29) is 6.04 Å². The van der Waals surface area contributed by atoms with Gasteiger partial charge in [0.05, 0.1) is 12.8 Å². The number of ether oxygens (including phenoxy) is 1. The molecule has 1 aromatic carbocycles. The smallest absolute Gasteiger partial charge is 0.329 e. The third kappa shape index (κ3) is 7.99. The summed E-state index contributed by atoms with van der Waals surface area (Å²) in [6.45, 7) is 6.42. The summed E-state index contributed by atoms with van der Waals surface area (Å²) < 4.78 is 5.61. The van der Waals surface area contributed by atoms with E-state index in [1.807, 2.05) is 24.3 Å². The molecule has 0 aliphatic carbocycles. The van der Waals surface area contributed by atoms with Crippen LogP contribution in [-0.2, 0) is 9.59 Å². The zero-order valence-electron chi connectivity index (χ0n) is 14.0. The minimum absolute atomic E-state index is 0.0953. The fraction of sp³-hybridized carbons (Fsp3) is 0.471. The molecule has 2 N–H and O–H groups in total. The average Bonchev–Trinajstić information content (AvgIpc) is 2.52. The van der Waals surface area contributed by atoms with E-state index >= 15 is 0 Å². The van der Waals surface area contributed by atoms with Crippen LogP contribution in [-0.4, -0.2) is 30.7 Å². The number of benzene rings is 1. The Bertz CT molecular complexity index is 524. The largest absolute Gasteiger partial charge is 0.494 e. The second-order valence-corrected chi connectivity index (χ2v) is 5.45. The molecule has 1 aromatic rings. The van der Waals surface area contributed by atoms with Crippen LogP contribution < -0.4 is 15.5 Å². The van der Waals surface area contributed by atoms with Crippen LogP contribution in [0.3, 0.4) is 0 Å². The van der Waals surface area contributed by atoms with Crippen LogP contribution in [0, 0.1) is 0 Å². The normalized spacial score (nSPS) is 10.8. The quantitative estimate of drug-likeness (QED) is 0.334. The van der Waals surface area contributed by atoms with Crippen molar-refractivity contribution in [3.63, 3.8) is 0 Å². The predicted octanol–water partition coefficient (Wildman–Crippen LogP) is 2.23. The van der Waals surface area contributed by atoms with Gasteiger partial charge in [0.1, 0.15) is 5.75 Å². The van der Waals surface area contributed by atoms with Crippen molar-refractivity contribution in [3.8, 4) is 5.75 Å². The zero-order chi connectivity index (χ0) is 17.1. The molecule has 0 heterocycles. The van der Waals surface area contributed by atoms with Crippen LogP contribution in [0.5, 0.6) is 5.75 Å². The van der Waals surface area contributed by atoms with Gasteiger partial charge in [-0.1, -0.05) is 19.8 Å². The Morgan fingerprint density at radius 1 is 1.17 bits per heavy atom. The van der Waals surface area contributed by atoms with Crippen molar-refractivity contribution in [2.45, 2.75) is 46.1 Å². The number of hydrogen-bond donors (Lipinski definition) is 2. The molecule has 6 heteroatoms. The minimum Gasteiger partial charge on any atom is -0.494 e. The number of rotatable bonds is 8. The van der Waals surface area contributed by atoms with Gasteiger partial charge in [0.15, 0.2) is 0 Å². The van der Waals surface area contributed by atoms with Crippen molar-refractivity contribution in [2.24, 2.45) is 5.10 Å². The van der Waals surface area contributed by atoms with Crippen LogP contribution in [0.1, 0.15) is 45.6 Å². The number of hydrazone groups is 1. The maximum atomic E-state index is 11.4. The monoisotopic (exact) mass is 319 g/mol. The molecule has 0 spiro atoms. The van der Waals surface area contributed by atoms with Crippen molar-refractivity contribution in [1.82, 2.24) is 10.7 Å². The molecule has 0 saturated carbocycles. The summed E-state index contributed by atoms with van der Waals surface area (Å²) in [6.07, 6.45) is 4.85. The number of carbonyl (C=O) groups excluding carboxylic acids is 2. The van der Waals surface area contributed by atoms with Crippen LogP contribution in [0.25, 0.3) is 0 Å². The number of amides is 2. The van der Waals surface area contributed by atoms with E-state index in [2.05, 4.69) is 22.8 Å². The van der Waals surface area contributed by atoms with E-state index in [1.54, 1.807) is 13.8 Å². The molecule has 1 rings (SSSR count). The average molecular weight is 319 g/mol. The van der Waals surface area contributed by atoms with Gasteiger partial charge in [-0.2, -0.15) is 5.10 Å². The maximum Gasteiger partial charge on any atom is 0.329 e. The first-order valence-electron chi connectivity index (χ1n) is 7.89. The van der Waals surface area contributed by atoms with Gasteiger partial charge >= 0.3 is 11.8 Å². The molecule has 0 atom stereocenters. The van der Waals surface area contributed by atoms with Crippen molar-refractivity contribution >= 4 is 18.0 Å². The first-order valence-corrected chi connectivity index (χ1v) is 7.89. The highest BCUT2D eigenvalue weighted by atomic mass is 16.5. The number of nitrogens with one attached hydrogen (secondary N) is 2.